The molecule has 1 spiro atoms. The Labute approximate surface area is 122 Å². The third kappa shape index (κ3) is 2.52. The van der Waals surface area contributed by atoms with E-state index in [2.05, 4.69) is 33.1 Å². The van der Waals surface area contributed by atoms with Gasteiger partial charge in [0.2, 0.25) is 0 Å². The van der Waals surface area contributed by atoms with Crippen molar-refractivity contribution in [2.24, 2.45) is 0 Å². The van der Waals surface area contributed by atoms with Crippen LogP contribution in [0.15, 0.2) is 22.7 Å². The van der Waals surface area contributed by atoms with Gasteiger partial charge in [-0.1, -0.05) is 28.8 Å². The molecule has 1 N–H and O–H groups in total. The average molecular weight is 327 g/mol. The van der Waals surface area contributed by atoms with Gasteiger partial charge in [-0.2, -0.15) is 0 Å². The lowest BCUT2D eigenvalue weighted by molar-refractivity contribution is 0.275. The van der Waals surface area contributed by atoms with Gasteiger partial charge >= 0.3 is 0 Å². The zero-order valence-electron chi connectivity index (χ0n) is 11.3. The van der Waals surface area contributed by atoms with Crippen molar-refractivity contribution in [1.29, 1.82) is 0 Å². The normalized spacial score (nSPS) is 26.1. The number of rotatable bonds is 1. The molecule has 1 atom stereocenters. The first-order valence-electron chi connectivity index (χ1n) is 7.06. The Bertz CT molecular complexity index is 471. The molecule has 104 valence electrons. The second kappa shape index (κ2) is 5.06. The molecule has 2 fully saturated rings. The fourth-order valence-corrected chi connectivity index (χ4v) is 3.78. The summed E-state index contributed by atoms with van der Waals surface area (Å²) in [4.78, 5) is 2.24. The van der Waals surface area contributed by atoms with Crippen LogP contribution in [0.4, 0.5) is 10.1 Å². The topological polar surface area (TPSA) is 15.3 Å². The first kappa shape index (κ1) is 13.4. The van der Waals surface area contributed by atoms with Gasteiger partial charge in [-0.05, 0) is 38.0 Å². The monoisotopic (exact) mass is 326 g/mol. The summed E-state index contributed by atoms with van der Waals surface area (Å²) in [6, 6.07) is 5.54. The Hall–Kier alpha value is -0.610. The second-order valence-electron chi connectivity index (χ2n) is 5.94. The number of halogens is 2. The van der Waals surface area contributed by atoms with E-state index in [0.717, 1.165) is 23.2 Å². The van der Waals surface area contributed by atoms with Gasteiger partial charge in [0.1, 0.15) is 5.82 Å². The van der Waals surface area contributed by atoms with E-state index in [-0.39, 0.29) is 11.4 Å². The maximum Gasteiger partial charge on any atom is 0.146 e. The fraction of sp³-hybridized carbons (Fsp3) is 0.600. The van der Waals surface area contributed by atoms with Crippen LogP contribution in [0.3, 0.4) is 0 Å². The molecule has 0 radical (unpaired) electrons. The van der Waals surface area contributed by atoms with Gasteiger partial charge < -0.3 is 10.2 Å². The summed E-state index contributed by atoms with van der Waals surface area (Å²) < 4.78 is 15.1. The molecule has 1 aliphatic carbocycles. The minimum Gasteiger partial charge on any atom is -0.363 e. The first-order valence-corrected chi connectivity index (χ1v) is 7.86. The molecular formula is C15H20BrFN2. The molecule has 3 rings (SSSR count). The first-order chi connectivity index (χ1) is 9.10. The Morgan fingerprint density at radius 1 is 1.37 bits per heavy atom. The summed E-state index contributed by atoms with van der Waals surface area (Å²) in [5.41, 5.74) is 0.941. The van der Waals surface area contributed by atoms with Gasteiger partial charge in [-0.3, -0.25) is 0 Å². The molecular weight excluding hydrogens is 307 g/mol. The van der Waals surface area contributed by atoms with E-state index in [0.29, 0.717) is 6.04 Å². The van der Waals surface area contributed by atoms with Crippen LogP contribution in [-0.4, -0.2) is 24.7 Å². The van der Waals surface area contributed by atoms with Gasteiger partial charge in [0.15, 0.2) is 0 Å². The van der Waals surface area contributed by atoms with Crippen LogP contribution in [0, 0.1) is 5.82 Å². The lowest BCUT2D eigenvalue weighted by Gasteiger charge is -2.46. The van der Waals surface area contributed by atoms with E-state index >= 15 is 0 Å². The predicted octanol–water partition coefficient (Wildman–Crippen LogP) is 3.70. The summed E-state index contributed by atoms with van der Waals surface area (Å²) in [6.45, 7) is 4.02. The standard InChI is InChI=1S/C15H20BrFN2/c1-11-9-18-15(6-2-3-7-15)10-19(11)14-8-12(16)4-5-13(14)17/h4-5,8,11,18H,2-3,6-7,9-10H2,1H3. The van der Waals surface area contributed by atoms with Crippen molar-refractivity contribution in [3.8, 4) is 0 Å². The maximum absolute atomic E-state index is 14.1. The number of hydrogen-bond donors (Lipinski definition) is 1. The van der Waals surface area contributed by atoms with Crippen LogP contribution in [0.5, 0.6) is 0 Å². The molecule has 1 saturated heterocycles. The molecule has 2 aliphatic rings. The second-order valence-corrected chi connectivity index (χ2v) is 6.86. The quantitative estimate of drug-likeness (QED) is 0.846. The number of nitrogens with zero attached hydrogens (tertiary/aromatic N) is 1. The molecule has 1 aromatic carbocycles. The highest BCUT2D eigenvalue weighted by atomic mass is 79.9. The van der Waals surface area contributed by atoms with E-state index in [1.54, 1.807) is 12.1 Å². The summed E-state index contributed by atoms with van der Waals surface area (Å²) in [5, 5.41) is 3.70. The highest BCUT2D eigenvalue weighted by molar-refractivity contribution is 9.10. The highest BCUT2D eigenvalue weighted by Gasteiger charge is 2.40. The zero-order valence-corrected chi connectivity index (χ0v) is 12.8. The van der Waals surface area contributed by atoms with E-state index in [4.69, 9.17) is 0 Å². The molecule has 0 aromatic heterocycles. The lowest BCUT2D eigenvalue weighted by Crippen LogP contribution is -2.62. The molecule has 0 amide bonds. The van der Waals surface area contributed by atoms with Crippen LogP contribution >= 0.6 is 15.9 Å². The van der Waals surface area contributed by atoms with Crippen LogP contribution in [0.2, 0.25) is 0 Å². The predicted molar refractivity (Wildman–Crippen MR) is 80.1 cm³/mol. The average Bonchev–Trinajstić information content (AvgIpc) is 2.84. The van der Waals surface area contributed by atoms with Crippen molar-refractivity contribution in [3.05, 3.63) is 28.5 Å². The summed E-state index contributed by atoms with van der Waals surface area (Å²) in [7, 11) is 0. The summed E-state index contributed by atoms with van der Waals surface area (Å²) in [6.07, 6.45) is 5.00. The van der Waals surface area contributed by atoms with Gasteiger partial charge in [0.05, 0.1) is 5.69 Å². The molecule has 0 bridgehead atoms. The fourth-order valence-electron chi connectivity index (χ4n) is 3.43. The van der Waals surface area contributed by atoms with Gasteiger partial charge in [0, 0.05) is 29.1 Å². The van der Waals surface area contributed by atoms with Crippen molar-refractivity contribution in [2.45, 2.75) is 44.2 Å². The van der Waals surface area contributed by atoms with Crippen LogP contribution in [0.25, 0.3) is 0 Å². The van der Waals surface area contributed by atoms with Crippen molar-refractivity contribution >= 4 is 21.6 Å². The Morgan fingerprint density at radius 2 is 2.11 bits per heavy atom. The minimum absolute atomic E-state index is 0.120. The number of benzene rings is 1. The van der Waals surface area contributed by atoms with Crippen molar-refractivity contribution in [1.82, 2.24) is 5.32 Å². The minimum atomic E-state index is -0.120. The van der Waals surface area contributed by atoms with E-state index in [9.17, 15) is 4.39 Å². The Kier molecular flexibility index (Phi) is 3.56. The molecule has 1 aliphatic heterocycles. The number of nitrogens with one attached hydrogen (secondary N) is 1. The third-order valence-electron chi connectivity index (χ3n) is 4.56. The van der Waals surface area contributed by atoms with Crippen LogP contribution in [0.1, 0.15) is 32.6 Å². The van der Waals surface area contributed by atoms with Gasteiger partial charge in [-0.15, -0.1) is 0 Å². The van der Waals surface area contributed by atoms with E-state index in [1.807, 2.05) is 6.07 Å². The van der Waals surface area contributed by atoms with Crippen molar-refractivity contribution < 1.29 is 4.39 Å². The van der Waals surface area contributed by atoms with Crippen LogP contribution in [-0.2, 0) is 0 Å². The van der Waals surface area contributed by atoms with Gasteiger partial charge in [-0.25, -0.2) is 4.39 Å². The van der Waals surface area contributed by atoms with Crippen molar-refractivity contribution in [2.75, 3.05) is 18.0 Å². The molecule has 2 nitrogen and oxygen atoms in total. The Morgan fingerprint density at radius 3 is 2.84 bits per heavy atom. The molecule has 1 aromatic rings. The summed E-state index contributed by atoms with van der Waals surface area (Å²) >= 11 is 3.45. The molecule has 1 saturated carbocycles. The highest BCUT2D eigenvalue weighted by Crippen LogP contribution is 2.36. The third-order valence-corrected chi connectivity index (χ3v) is 5.05. The number of anilines is 1. The van der Waals surface area contributed by atoms with Crippen molar-refractivity contribution in [3.63, 3.8) is 0 Å². The number of piperazine rings is 1. The SMILES string of the molecule is CC1CNC2(CCCC2)CN1c1cc(Br)ccc1F. The largest absolute Gasteiger partial charge is 0.363 e. The molecule has 1 unspecified atom stereocenters. The smallest absolute Gasteiger partial charge is 0.146 e. The van der Waals surface area contributed by atoms with Gasteiger partial charge in [0.25, 0.3) is 0 Å². The molecule has 19 heavy (non-hydrogen) atoms. The summed E-state index contributed by atoms with van der Waals surface area (Å²) in [5.74, 6) is -0.120. The van der Waals surface area contributed by atoms with E-state index < -0.39 is 0 Å². The number of hydrogen-bond acceptors (Lipinski definition) is 2. The molecule has 4 heteroatoms. The maximum atomic E-state index is 14.1. The van der Waals surface area contributed by atoms with Crippen LogP contribution < -0.4 is 10.2 Å². The van der Waals surface area contributed by atoms with E-state index in [1.165, 1.54) is 25.7 Å². The zero-order chi connectivity index (χ0) is 13.5. The lowest BCUT2D eigenvalue weighted by atomic mass is 9.92. The Balaban J connectivity index is 1.91. The molecule has 1 heterocycles.